The molecule has 2 aromatic rings. The number of anilines is 1. The average Bonchev–Trinajstić information content (AvgIpc) is 2.57. The van der Waals surface area contributed by atoms with Crippen LogP contribution >= 0.6 is 0 Å². The maximum Gasteiger partial charge on any atom is 0.209 e. The van der Waals surface area contributed by atoms with Crippen molar-refractivity contribution >= 4 is 16.8 Å². The molecule has 3 rings (SSSR count). The van der Waals surface area contributed by atoms with Crippen LogP contribution in [0.25, 0.3) is 11.1 Å². The van der Waals surface area contributed by atoms with E-state index >= 15 is 0 Å². The molecule has 1 aromatic carbocycles. The van der Waals surface area contributed by atoms with E-state index in [2.05, 4.69) is 9.88 Å². The van der Waals surface area contributed by atoms with Crippen LogP contribution in [0.3, 0.4) is 0 Å². The molecule has 0 amide bonds. The fraction of sp³-hybridized carbons (Fsp3) is 0.500. The first-order valence-corrected chi connectivity index (χ1v) is 6.68. The predicted octanol–water partition coefficient (Wildman–Crippen LogP) is 2.79. The van der Waals surface area contributed by atoms with Crippen LogP contribution in [0.5, 0.6) is 0 Å². The number of rotatable bonds is 2. The van der Waals surface area contributed by atoms with E-state index in [1.165, 1.54) is 25.7 Å². The lowest BCUT2D eigenvalue weighted by atomic mass is 10.2. The van der Waals surface area contributed by atoms with Crippen LogP contribution in [0.15, 0.2) is 22.6 Å². The fourth-order valence-corrected chi connectivity index (χ4v) is 2.54. The Kier molecular flexibility index (Phi) is 3.19. The number of benzene rings is 1. The summed E-state index contributed by atoms with van der Waals surface area (Å²) in [5.74, 6) is 0.803. The van der Waals surface area contributed by atoms with Gasteiger partial charge in [0.2, 0.25) is 5.89 Å². The molecule has 1 fully saturated rings. The van der Waals surface area contributed by atoms with Crippen LogP contribution in [0, 0.1) is 0 Å². The summed E-state index contributed by atoms with van der Waals surface area (Å²) < 4.78 is 5.76. The largest absolute Gasteiger partial charge is 0.439 e. The van der Waals surface area contributed by atoms with Gasteiger partial charge in [-0.15, -0.1) is 0 Å². The molecule has 1 aliphatic heterocycles. The van der Waals surface area contributed by atoms with Gasteiger partial charge in [0.1, 0.15) is 5.52 Å². The van der Waals surface area contributed by atoms with Crippen molar-refractivity contribution in [1.29, 1.82) is 0 Å². The van der Waals surface area contributed by atoms with Gasteiger partial charge in [0.15, 0.2) is 5.58 Å². The molecule has 96 valence electrons. The molecule has 0 unspecified atom stereocenters. The van der Waals surface area contributed by atoms with E-state index in [4.69, 9.17) is 10.2 Å². The van der Waals surface area contributed by atoms with Crippen molar-refractivity contribution < 1.29 is 4.42 Å². The predicted molar refractivity (Wildman–Crippen MR) is 72.2 cm³/mol. The summed E-state index contributed by atoms with van der Waals surface area (Å²) >= 11 is 0. The van der Waals surface area contributed by atoms with Crippen molar-refractivity contribution in [3.8, 4) is 0 Å². The number of nitrogen functional groups attached to an aromatic ring is 1. The number of hydrogen-bond donors (Lipinski definition) is 1. The van der Waals surface area contributed by atoms with Crippen molar-refractivity contribution in [1.82, 2.24) is 9.88 Å². The monoisotopic (exact) mass is 245 g/mol. The second-order valence-corrected chi connectivity index (χ2v) is 5.03. The quantitative estimate of drug-likeness (QED) is 0.827. The molecule has 0 radical (unpaired) electrons. The fourth-order valence-electron chi connectivity index (χ4n) is 2.54. The van der Waals surface area contributed by atoms with Gasteiger partial charge in [-0.3, -0.25) is 4.90 Å². The van der Waals surface area contributed by atoms with Gasteiger partial charge in [-0.05, 0) is 38.1 Å². The van der Waals surface area contributed by atoms with Gasteiger partial charge in [0.05, 0.1) is 6.54 Å². The standard InChI is InChI=1S/C14H19N3O/c15-11-5-6-12-13(9-11)18-14(16-12)10-17-7-3-1-2-4-8-17/h5-6,9H,1-4,7-8,10,15H2. The van der Waals surface area contributed by atoms with E-state index in [1.54, 1.807) is 0 Å². The van der Waals surface area contributed by atoms with Gasteiger partial charge in [-0.1, -0.05) is 12.8 Å². The molecule has 1 aliphatic rings. The summed E-state index contributed by atoms with van der Waals surface area (Å²) in [6.45, 7) is 3.12. The molecule has 18 heavy (non-hydrogen) atoms. The number of hydrogen-bond acceptors (Lipinski definition) is 4. The highest BCUT2D eigenvalue weighted by atomic mass is 16.3. The number of nitrogens with zero attached hydrogens (tertiary/aromatic N) is 2. The molecule has 4 nitrogen and oxygen atoms in total. The van der Waals surface area contributed by atoms with E-state index in [0.717, 1.165) is 42.3 Å². The van der Waals surface area contributed by atoms with Crippen LogP contribution in [-0.4, -0.2) is 23.0 Å². The number of likely N-dealkylation sites (tertiary alicyclic amines) is 1. The van der Waals surface area contributed by atoms with Gasteiger partial charge < -0.3 is 10.2 Å². The minimum absolute atomic E-state index is 0.722. The van der Waals surface area contributed by atoms with Gasteiger partial charge in [-0.2, -0.15) is 0 Å². The molecule has 0 aliphatic carbocycles. The summed E-state index contributed by atoms with van der Waals surface area (Å²) in [6.07, 6.45) is 5.27. The zero-order chi connectivity index (χ0) is 12.4. The minimum Gasteiger partial charge on any atom is -0.439 e. The van der Waals surface area contributed by atoms with Crippen LogP contribution in [0.2, 0.25) is 0 Å². The first-order chi connectivity index (χ1) is 8.81. The van der Waals surface area contributed by atoms with Crippen molar-refractivity contribution in [2.75, 3.05) is 18.8 Å². The van der Waals surface area contributed by atoms with Crippen molar-refractivity contribution in [3.05, 3.63) is 24.1 Å². The zero-order valence-electron chi connectivity index (χ0n) is 10.6. The third-order valence-electron chi connectivity index (χ3n) is 3.51. The molecule has 0 spiro atoms. The van der Waals surface area contributed by atoms with E-state index in [-0.39, 0.29) is 0 Å². The van der Waals surface area contributed by atoms with Crippen LogP contribution in [0.4, 0.5) is 5.69 Å². The maximum atomic E-state index is 5.76. The second kappa shape index (κ2) is 4.98. The zero-order valence-corrected chi connectivity index (χ0v) is 10.6. The van der Waals surface area contributed by atoms with E-state index in [0.29, 0.717) is 0 Å². The maximum absolute atomic E-state index is 5.76. The number of fused-ring (bicyclic) bond motifs is 1. The van der Waals surface area contributed by atoms with Gasteiger partial charge in [0, 0.05) is 11.8 Å². The smallest absolute Gasteiger partial charge is 0.209 e. The van der Waals surface area contributed by atoms with E-state index in [1.807, 2.05) is 18.2 Å². The van der Waals surface area contributed by atoms with Crippen molar-refractivity contribution in [2.45, 2.75) is 32.2 Å². The second-order valence-electron chi connectivity index (χ2n) is 5.03. The Morgan fingerprint density at radius 1 is 1.17 bits per heavy atom. The molecule has 0 saturated carbocycles. The molecule has 2 heterocycles. The topological polar surface area (TPSA) is 55.3 Å². The summed E-state index contributed by atoms with van der Waals surface area (Å²) in [7, 11) is 0. The Bertz CT molecular complexity index is 527. The highest BCUT2D eigenvalue weighted by Crippen LogP contribution is 2.20. The number of oxazole rings is 1. The van der Waals surface area contributed by atoms with Gasteiger partial charge >= 0.3 is 0 Å². The molecule has 1 aromatic heterocycles. The lowest BCUT2D eigenvalue weighted by molar-refractivity contribution is 0.251. The summed E-state index contributed by atoms with van der Waals surface area (Å²) in [5, 5.41) is 0. The Morgan fingerprint density at radius 3 is 2.72 bits per heavy atom. The highest BCUT2D eigenvalue weighted by molar-refractivity contribution is 5.76. The van der Waals surface area contributed by atoms with Crippen molar-refractivity contribution in [2.24, 2.45) is 0 Å². The Labute approximate surface area is 107 Å². The number of aromatic nitrogens is 1. The van der Waals surface area contributed by atoms with Gasteiger partial charge in [-0.25, -0.2) is 4.98 Å². The average molecular weight is 245 g/mol. The molecule has 1 saturated heterocycles. The molecule has 2 N–H and O–H groups in total. The molecule has 0 bridgehead atoms. The SMILES string of the molecule is Nc1ccc2nc(CN3CCCCCC3)oc2c1. The van der Waals surface area contributed by atoms with E-state index < -0.39 is 0 Å². The summed E-state index contributed by atoms with van der Waals surface area (Å²) in [4.78, 5) is 6.95. The highest BCUT2D eigenvalue weighted by Gasteiger charge is 2.13. The first kappa shape index (κ1) is 11.5. The summed E-state index contributed by atoms with van der Waals surface area (Å²) in [6, 6.07) is 5.62. The van der Waals surface area contributed by atoms with Gasteiger partial charge in [0.25, 0.3) is 0 Å². The third kappa shape index (κ3) is 2.48. The Morgan fingerprint density at radius 2 is 1.94 bits per heavy atom. The van der Waals surface area contributed by atoms with E-state index in [9.17, 15) is 0 Å². The van der Waals surface area contributed by atoms with Crippen LogP contribution in [-0.2, 0) is 6.54 Å². The molecular weight excluding hydrogens is 226 g/mol. The van der Waals surface area contributed by atoms with Crippen LogP contribution in [0.1, 0.15) is 31.6 Å². The molecular formula is C14H19N3O. The third-order valence-corrected chi connectivity index (χ3v) is 3.51. The van der Waals surface area contributed by atoms with Crippen molar-refractivity contribution in [3.63, 3.8) is 0 Å². The number of nitrogens with two attached hydrogens (primary N) is 1. The minimum atomic E-state index is 0.722. The summed E-state index contributed by atoms with van der Waals surface area (Å²) in [5.41, 5.74) is 8.15. The Balaban J connectivity index is 1.77. The molecule has 4 heteroatoms. The normalized spacial score (nSPS) is 18.0. The lowest BCUT2D eigenvalue weighted by Gasteiger charge is -2.16. The lowest BCUT2D eigenvalue weighted by Crippen LogP contribution is -2.24. The Hall–Kier alpha value is -1.55. The molecule has 0 atom stereocenters. The first-order valence-electron chi connectivity index (χ1n) is 6.68. The van der Waals surface area contributed by atoms with Crippen LogP contribution < -0.4 is 5.73 Å².